The maximum atomic E-state index is 11.9. The second kappa shape index (κ2) is 4.58. The number of benzene rings is 1. The van der Waals surface area contributed by atoms with Crippen LogP contribution in [-0.4, -0.2) is 12.0 Å². The molecule has 2 nitrogen and oxygen atoms in total. The van der Waals surface area contributed by atoms with Gasteiger partial charge in [0.1, 0.15) is 11.5 Å². The first-order valence-corrected chi connectivity index (χ1v) is 4.74. The molecule has 5 heteroatoms. The van der Waals surface area contributed by atoms with E-state index in [2.05, 4.69) is 10.7 Å². The van der Waals surface area contributed by atoms with E-state index in [9.17, 15) is 13.2 Å². The van der Waals surface area contributed by atoms with Crippen LogP contribution in [0.2, 0.25) is 0 Å². The minimum atomic E-state index is -4.69. The molecule has 1 aromatic carbocycles. The van der Waals surface area contributed by atoms with Gasteiger partial charge in [0.25, 0.3) is 0 Å². The van der Waals surface area contributed by atoms with Gasteiger partial charge in [0.2, 0.25) is 0 Å². The number of ether oxygens (including phenoxy) is 2. The Bertz CT molecular complexity index is 413. The van der Waals surface area contributed by atoms with Crippen molar-refractivity contribution in [2.45, 2.75) is 25.8 Å². The van der Waals surface area contributed by atoms with Crippen LogP contribution < -0.4 is 9.47 Å². The molecule has 1 aromatic rings. The largest absolute Gasteiger partial charge is 0.573 e. The Morgan fingerprint density at radius 2 is 1.41 bits per heavy atom. The average Bonchev–Trinajstić information content (AvgIpc) is 2.19. The van der Waals surface area contributed by atoms with Crippen LogP contribution >= 0.6 is 0 Å². The average molecular weight is 244 g/mol. The fraction of sp³-hybridized carbons (Fsp3) is 0.333. The molecule has 0 aromatic heterocycles. The lowest BCUT2D eigenvalue weighted by atomic mass is 10.1. The van der Waals surface area contributed by atoms with E-state index in [4.69, 9.17) is 11.2 Å². The molecule has 0 bridgehead atoms. The van der Waals surface area contributed by atoms with Gasteiger partial charge in [0.05, 0.1) is 0 Å². The van der Waals surface area contributed by atoms with Crippen LogP contribution in [0.5, 0.6) is 11.5 Å². The molecule has 0 atom stereocenters. The summed E-state index contributed by atoms with van der Waals surface area (Å²) in [6, 6.07) is 5.05. The molecule has 0 N–H and O–H groups in total. The quantitative estimate of drug-likeness (QED) is 0.759. The molecule has 0 spiro atoms. The topological polar surface area (TPSA) is 18.5 Å². The maximum absolute atomic E-state index is 11.9. The van der Waals surface area contributed by atoms with Gasteiger partial charge >= 0.3 is 6.36 Å². The molecule has 0 aliphatic rings. The first-order chi connectivity index (χ1) is 7.72. The summed E-state index contributed by atoms with van der Waals surface area (Å²) in [6.07, 6.45) is 0.525. The fourth-order valence-corrected chi connectivity index (χ4v) is 1.03. The van der Waals surface area contributed by atoms with Crippen molar-refractivity contribution in [1.29, 1.82) is 0 Å². The van der Waals surface area contributed by atoms with E-state index in [0.717, 1.165) is 12.1 Å². The zero-order valence-corrected chi connectivity index (χ0v) is 9.34. The highest BCUT2D eigenvalue weighted by Crippen LogP contribution is 2.26. The third kappa shape index (κ3) is 4.68. The van der Waals surface area contributed by atoms with Crippen LogP contribution in [0.1, 0.15) is 13.8 Å². The highest BCUT2D eigenvalue weighted by molar-refractivity contribution is 5.32. The van der Waals surface area contributed by atoms with Crippen molar-refractivity contribution in [2.24, 2.45) is 0 Å². The molecular formula is C12H11F3O2. The van der Waals surface area contributed by atoms with E-state index in [1.807, 2.05) is 0 Å². The normalized spacial score (nSPS) is 11.8. The van der Waals surface area contributed by atoms with Gasteiger partial charge in [-0.05, 0) is 38.1 Å². The summed E-state index contributed by atoms with van der Waals surface area (Å²) < 4.78 is 44.7. The van der Waals surface area contributed by atoms with Crippen molar-refractivity contribution >= 4 is 0 Å². The number of rotatable bonds is 3. The van der Waals surface area contributed by atoms with Crippen molar-refractivity contribution < 1.29 is 22.6 Å². The highest BCUT2D eigenvalue weighted by Gasteiger charge is 2.31. The molecule has 0 amide bonds. The molecule has 0 saturated heterocycles. The van der Waals surface area contributed by atoms with Gasteiger partial charge in [-0.2, -0.15) is 0 Å². The minimum absolute atomic E-state index is 0.302. The zero-order valence-electron chi connectivity index (χ0n) is 9.34. The minimum Gasteiger partial charge on any atom is -0.475 e. The van der Waals surface area contributed by atoms with E-state index in [1.165, 1.54) is 12.1 Å². The van der Waals surface area contributed by atoms with Gasteiger partial charge in [0.15, 0.2) is 5.60 Å². The lowest BCUT2D eigenvalue weighted by molar-refractivity contribution is -0.274. The molecule has 92 valence electrons. The molecule has 0 fully saturated rings. The summed E-state index contributed by atoms with van der Waals surface area (Å²) in [4.78, 5) is 0. The van der Waals surface area contributed by atoms with Crippen molar-refractivity contribution in [3.05, 3.63) is 24.3 Å². The van der Waals surface area contributed by atoms with Gasteiger partial charge in [0, 0.05) is 0 Å². The molecule has 17 heavy (non-hydrogen) atoms. The lowest BCUT2D eigenvalue weighted by Crippen LogP contribution is -2.25. The monoisotopic (exact) mass is 244 g/mol. The molecule has 0 radical (unpaired) electrons. The molecule has 0 unspecified atom stereocenters. The van der Waals surface area contributed by atoms with Crippen molar-refractivity contribution in [1.82, 2.24) is 0 Å². The third-order valence-electron chi connectivity index (χ3n) is 1.78. The second-order valence-corrected chi connectivity index (χ2v) is 3.78. The van der Waals surface area contributed by atoms with Crippen LogP contribution in [0.4, 0.5) is 13.2 Å². The van der Waals surface area contributed by atoms with E-state index in [-0.39, 0.29) is 5.75 Å². The number of hydrogen-bond acceptors (Lipinski definition) is 2. The predicted octanol–water partition coefficient (Wildman–Crippen LogP) is 3.38. The lowest BCUT2D eigenvalue weighted by Gasteiger charge is -2.20. The summed E-state index contributed by atoms with van der Waals surface area (Å²) in [6.45, 7) is 3.35. The van der Waals surface area contributed by atoms with Crippen LogP contribution in [0.25, 0.3) is 0 Å². The van der Waals surface area contributed by atoms with Gasteiger partial charge in [-0.3, -0.25) is 0 Å². The van der Waals surface area contributed by atoms with Crippen molar-refractivity contribution in [2.75, 3.05) is 0 Å². The molecule has 1 rings (SSSR count). The van der Waals surface area contributed by atoms with E-state index in [1.54, 1.807) is 13.8 Å². The molecular weight excluding hydrogens is 233 g/mol. The fourth-order valence-electron chi connectivity index (χ4n) is 1.03. The summed E-state index contributed by atoms with van der Waals surface area (Å²) >= 11 is 0. The summed E-state index contributed by atoms with van der Waals surface area (Å²) in [5.74, 6) is 2.48. The maximum Gasteiger partial charge on any atom is 0.573 e. The smallest absolute Gasteiger partial charge is 0.475 e. The Labute approximate surface area is 97.3 Å². The first-order valence-electron chi connectivity index (χ1n) is 4.74. The predicted molar refractivity (Wildman–Crippen MR) is 56.7 cm³/mol. The standard InChI is InChI=1S/C12H11F3O2/c1-4-11(2,3)16-9-5-7-10(8-6-9)17-12(13,14)15/h1,5-8H,2-3H3. The Morgan fingerprint density at radius 3 is 1.76 bits per heavy atom. The van der Waals surface area contributed by atoms with Gasteiger partial charge in [-0.25, -0.2) is 0 Å². The molecule has 0 aliphatic carbocycles. The van der Waals surface area contributed by atoms with Gasteiger partial charge in [-0.15, -0.1) is 19.6 Å². The Balaban J connectivity index is 2.73. The van der Waals surface area contributed by atoms with Crippen molar-refractivity contribution in [3.63, 3.8) is 0 Å². The van der Waals surface area contributed by atoms with Crippen molar-refractivity contribution in [3.8, 4) is 23.8 Å². The van der Waals surface area contributed by atoms with E-state index in [0.29, 0.717) is 5.75 Å². The number of alkyl halides is 3. The van der Waals surface area contributed by atoms with E-state index < -0.39 is 12.0 Å². The Morgan fingerprint density at radius 1 is 1.00 bits per heavy atom. The van der Waals surface area contributed by atoms with Crippen LogP contribution in [0, 0.1) is 12.3 Å². The first kappa shape index (κ1) is 13.2. The molecule has 0 aliphatic heterocycles. The third-order valence-corrected chi connectivity index (χ3v) is 1.78. The molecule has 0 heterocycles. The number of terminal acetylenes is 1. The molecule has 0 saturated carbocycles. The summed E-state index contributed by atoms with van der Waals surface area (Å²) in [7, 11) is 0. The summed E-state index contributed by atoms with van der Waals surface area (Å²) in [5.41, 5.74) is -0.813. The van der Waals surface area contributed by atoms with Gasteiger partial charge < -0.3 is 9.47 Å². The van der Waals surface area contributed by atoms with Crippen LogP contribution in [0.3, 0.4) is 0 Å². The van der Waals surface area contributed by atoms with E-state index >= 15 is 0 Å². The van der Waals surface area contributed by atoms with Crippen LogP contribution in [0.15, 0.2) is 24.3 Å². The Hall–Kier alpha value is -1.83. The zero-order chi connectivity index (χ0) is 13.1. The van der Waals surface area contributed by atoms with Crippen LogP contribution in [-0.2, 0) is 0 Å². The summed E-state index contributed by atoms with van der Waals surface area (Å²) in [5, 5.41) is 0. The highest BCUT2D eigenvalue weighted by atomic mass is 19.4. The number of hydrogen-bond donors (Lipinski definition) is 0. The Kier molecular flexibility index (Phi) is 3.56. The number of halogens is 3. The van der Waals surface area contributed by atoms with Gasteiger partial charge in [-0.1, -0.05) is 5.92 Å². The second-order valence-electron chi connectivity index (χ2n) is 3.78. The SMILES string of the molecule is C#CC(C)(C)Oc1ccc(OC(F)(F)F)cc1.